The Labute approximate surface area is 122 Å². The molecule has 1 aromatic heterocycles. The molecule has 0 saturated carbocycles. The number of rotatable bonds is 4. The van der Waals surface area contributed by atoms with Crippen molar-refractivity contribution in [2.45, 2.75) is 52.0 Å². The van der Waals surface area contributed by atoms with Gasteiger partial charge in [-0.05, 0) is 39.5 Å². The zero-order chi connectivity index (χ0) is 14.7. The van der Waals surface area contributed by atoms with Crippen LogP contribution in [0.1, 0.15) is 52.5 Å². The summed E-state index contributed by atoms with van der Waals surface area (Å²) >= 11 is 1.53. The highest BCUT2D eigenvalue weighted by molar-refractivity contribution is 7.11. The number of piperidine rings is 1. The second-order valence-corrected chi connectivity index (χ2v) is 6.63. The number of hydrogen-bond acceptors (Lipinski definition) is 4. The third-order valence-corrected chi connectivity index (χ3v) is 4.57. The van der Waals surface area contributed by atoms with Gasteiger partial charge in [-0.25, -0.2) is 4.98 Å². The highest BCUT2D eigenvalue weighted by Crippen LogP contribution is 2.25. The molecule has 110 valence electrons. The van der Waals surface area contributed by atoms with Crippen LogP contribution in [0.3, 0.4) is 0 Å². The van der Waals surface area contributed by atoms with Crippen LogP contribution in [0.15, 0.2) is 0 Å². The molecule has 20 heavy (non-hydrogen) atoms. The summed E-state index contributed by atoms with van der Waals surface area (Å²) < 4.78 is 0. The summed E-state index contributed by atoms with van der Waals surface area (Å²) in [5.74, 6) is -0.842. The van der Waals surface area contributed by atoms with Gasteiger partial charge in [0, 0.05) is 23.9 Å². The number of carboxylic acids is 1. The van der Waals surface area contributed by atoms with Crippen molar-refractivity contribution in [1.82, 2.24) is 9.88 Å². The van der Waals surface area contributed by atoms with Crippen LogP contribution in [0, 0.1) is 13.8 Å². The molecule has 0 bridgehead atoms. The highest BCUT2D eigenvalue weighted by Gasteiger charge is 2.29. The Balaban J connectivity index is 2.12. The lowest BCUT2D eigenvalue weighted by Gasteiger charge is -2.35. The summed E-state index contributed by atoms with van der Waals surface area (Å²) in [6, 6.07) is 0.0359. The third kappa shape index (κ3) is 3.36. The summed E-state index contributed by atoms with van der Waals surface area (Å²) in [6.07, 6.45) is 3.58. The van der Waals surface area contributed by atoms with Crippen molar-refractivity contribution in [1.29, 1.82) is 0 Å². The molecule has 5 nitrogen and oxygen atoms in total. The summed E-state index contributed by atoms with van der Waals surface area (Å²) in [7, 11) is 0. The Morgan fingerprint density at radius 2 is 2.15 bits per heavy atom. The highest BCUT2D eigenvalue weighted by atomic mass is 32.1. The maximum Gasteiger partial charge on any atom is 0.303 e. The molecule has 1 fully saturated rings. The quantitative estimate of drug-likeness (QED) is 0.927. The topological polar surface area (TPSA) is 70.5 Å². The molecule has 1 aromatic rings. The second kappa shape index (κ2) is 6.35. The molecular weight excluding hydrogens is 276 g/mol. The largest absolute Gasteiger partial charge is 0.481 e. The van der Waals surface area contributed by atoms with Crippen molar-refractivity contribution in [3.63, 3.8) is 0 Å². The Bertz CT molecular complexity index is 513. The molecule has 2 rings (SSSR count). The minimum atomic E-state index is -0.802. The second-order valence-electron chi connectivity index (χ2n) is 5.22. The van der Waals surface area contributed by atoms with Gasteiger partial charge in [0.1, 0.15) is 5.69 Å². The lowest BCUT2D eigenvalue weighted by atomic mass is 9.97. The molecular formula is C14H20N2O3S. The van der Waals surface area contributed by atoms with Crippen molar-refractivity contribution in [3.05, 3.63) is 15.6 Å². The first-order chi connectivity index (χ1) is 9.49. The summed E-state index contributed by atoms with van der Waals surface area (Å²) in [6.45, 7) is 4.51. The van der Waals surface area contributed by atoms with E-state index in [0.717, 1.165) is 29.1 Å². The summed E-state index contributed by atoms with van der Waals surface area (Å²) in [4.78, 5) is 30.4. The Kier molecular flexibility index (Phi) is 4.75. The number of carboxylic acid groups (broad SMARTS) is 1. The molecule has 1 aliphatic rings. The van der Waals surface area contributed by atoms with Crippen LogP contribution in [0.5, 0.6) is 0 Å². The van der Waals surface area contributed by atoms with Crippen molar-refractivity contribution < 1.29 is 14.7 Å². The SMILES string of the molecule is Cc1nc(C(=O)N2CCCCC2CCC(=O)O)c(C)s1. The first kappa shape index (κ1) is 15.0. The summed E-state index contributed by atoms with van der Waals surface area (Å²) in [5, 5.41) is 9.71. The van der Waals surface area contributed by atoms with Crippen molar-refractivity contribution >= 4 is 23.2 Å². The number of carbonyl (C=O) groups is 2. The standard InChI is InChI=1S/C14H20N2O3S/c1-9-13(15-10(2)20-9)14(19)16-8-4-3-5-11(16)6-7-12(17)18/h11H,3-8H2,1-2H3,(H,17,18). The van der Waals surface area contributed by atoms with Gasteiger partial charge in [-0.1, -0.05) is 0 Å². The number of nitrogens with zero attached hydrogens (tertiary/aromatic N) is 2. The lowest BCUT2D eigenvalue weighted by molar-refractivity contribution is -0.137. The number of thiazole rings is 1. The molecule has 2 heterocycles. The fourth-order valence-electron chi connectivity index (χ4n) is 2.72. The molecule has 6 heteroatoms. The number of aryl methyl sites for hydroxylation is 2. The van der Waals surface area contributed by atoms with Gasteiger partial charge in [0.2, 0.25) is 0 Å². The number of amides is 1. The zero-order valence-electron chi connectivity index (χ0n) is 11.9. The Hall–Kier alpha value is -1.43. The number of hydrogen-bond donors (Lipinski definition) is 1. The van der Waals surface area contributed by atoms with Crippen LogP contribution in [0.2, 0.25) is 0 Å². The molecule has 1 unspecified atom stereocenters. The van der Waals surface area contributed by atoms with Gasteiger partial charge in [0.15, 0.2) is 0 Å². The number of aliphatic carboxylic acids is 1. The molecule has 0 spiro atoms. The zero-order valence-corrected chi connectivity index (χ0v) is 12.7. The first-order valence-corrected chi connectivity index (χ1v) is 7.77. The average molecular weight is 296 g/mol. The molecule has 1 atom stereocenters. The first-order valence-electron chi connectivity index (χ1n) is 6.96. The third-order valence-electron chi connectivity index (χ3n) is 3.69. The predicted octanol–water partition coefficient (Wildman–Crippen LogP) is 2.62. The van der Waals surface area contributed by atoms with Gasteiger partial charge < -0.3 is 10.0 Å². The van der Waals surface area contributed by atoms with Crippen LogP contribution in [-0.2, 0) is 4.79 Å². The maximum absolute atomic E-state index is 12.6. The molecule has 1 N–H and O–H groups in total. The van der Waals surface area contributed by atoms with Gasteiger partial charge in [-0.2, -0.15) is 0 Å². The summed E-state index contributed by atoms with van der Waals surface area (Å²) in [5.41, 5.74) is 0.537. The van der Waals surface area contributed by atoms with Crippen LogP contribution >= 0.6 is 11.3 Å². The Morgan fingerprint density at radius 3 is 2.75 bits per heavy atom. The lowest BCUT2D eigenvalue weighted by Crippen LogP contribution is -2.44. The minimum absolute atomic E-state index is 0.0359. The fourth-order valence-corrected chi connectivity index (χ4v) is 3.53. The van der Waals surface area contributed by atoms with Crippen LogP contribution < -0.4 is 0 Å². The van der Waals surface area contributed by atoms with E-state index in [4.69, 9.17) is 5.11 Å². The van der Waals surface area contributed by atoms with Gasteiger partial charge in [-0.15, -0.1) is 11.3 Å². The average Bonchev–Trinajstić information content (AvgIpc) is 2.75. The van der Waals surface area contributed by atoms with Gasteiger partial charge in [0.05, 0.1) is 5.01 Å². The van der Waals surface area contributed by atoms with E-state index in [1.54, 1.807) is 0 Å². The van der Waals surface area contributed by atoms with Gasteiger partial charge in [-0.3, -0.25) is 9.59 Å². The monoisotopic (exact) mass is 296 g/mol. The molecule has 1 aliphatic heterocycles. The number of carbonyl (C=O) groups excluding carboxylic acids is 1. The van der Waals surface area contributed by atoms with Crippen molar-refractivity contribution in [2.24, 2.45) is 0 Å². The normalized spacial score (nSPS) is 19.1. The van der Waals surface area contributed by atoms with Gasteiger partial charge in [0.25, 0.3) is 5.91 Å². The molecule has 0 radical (unpaired) electrons. The maximum atomic E-state index is 12.6. The van der Waals surface area contributed by atoms with Crippen LogP contribution in [0.25, 0.3) is 0 Å². The smallest absolute Gasteiger partial charge is 0.303 e. The van der Waals surface area contributed by atoms with E-state index >= 15 is 0 Å². The van der Waals surface area contributed by atoms with E-state index in [-0.39, 0.29) is 18.4 Å². The minimum Gasteiger partial charge on any atom is -0.481 e. The predicted molar refractivity (Wildman–Crippen MR) is 77.1 cm³/mol. The van der Waals surface area contributed by atoms with E-state index < -0.39 is 5.97 Å². The van der Waals surface area contributed by atoms with E-state index in [2.05, 4.69) is 4.98 Å². The van der Waals surface area contributed by atoms with Crippen molar-refractivity contribution in [2.75, 3.05) is 6.54 Å². The number of likely N-dealkylation sites (tertiary alicyclic amines) is 1. The van der Waals surface area contributed by atoms with E-state index in [9.17, 15) is 9.59 Å². The number of aromatic nitrogens is 1. The molecule has 0 aromatic carbocycles. The van der Waals surface area contributed by atoms with Crippen molar-refractivity contribution in [3.8, 4) is 0 Å². The fraction of sp³-hybridized carbons (Fsp3) is 0.643. The van der Waals surface area contributed by atoms with Gasteiger partial charge >= 0.3 is 5.97 Å². The Morgan fingerprint density at radius 1 is 1.40 bits per heavy atom. The van der Waals surface area contributed by atoms with Crippen LogP contribution in [0.4, 0.5) is 0 Å². The van der Waals surface area contributed by atoms with E-state index in [1.807, 2.05) is 18.7 Å². The molecule has 1 amide bonds. The van der Waals surface area contributed by atoms with E-state index in [1.165, 1.54) is 11.3 Å². The van der Waals surface area contributed by atoms with Crippen LogP contribution in [-0.4, -0.2) is 39.5 Å². The molecule has 0 aliphatic carbocycles. The molecule has 1 saturated heterocycles. The van der Waals surface area contributed by atoms with E-state index in [0.29, 0.717) is 18.7 Å².